The van der Waals surface area contributed by atoms with E-state index in [4.69, 9.17) is 9.68 Å². The van der Waals surface area contributed by atoms with Crippen molar-refractivity contribution in [2.45, 2.75) is 13.3 Å². The van der Waals surface area contributed by atoms with Crippen LogP contribution in [0.5, 0.6) is 5.75 Å². The molecule has 0 unspecified atom stereocenters. The maximum atomic E-state index is 8.39. The van der Waals surface area contributed by atoms with Crippen molar-refractivity contribution in [3.63, 3.8) is 0 Å². The number of aryl methyl sites for hydroxylation is 1. The van der Waals surface area contributed by atoms with Gasteiger partial charge in [-0.1, -0.05) is 25.1 Å². The molecule has 0 bridgehead atoms. The minimum atomic E-state index is 0.703. The first-order valence-electron chi connectivity index (χ1n) is 3.59. The Morgan fingerprint density at radius 1 is 1.45 bits per heavy atom. The standard InChI is InChI=1S/C8H10BO2/c1-2-7-5-3-4-6-8(7)11-9-10/h3-6,10H,2H2,1H3. The smallest absolute Gasteiger partial charge is 0.537 e. The molecule has 1 N–H and O–H groups in total. The van der Waals surface area contributed by atoms with Gasteiger partial charge in [-0.15, -0.1) is 0 Å². The van der Waals surface area contributed by atoms with Gasteiger partial charge in [0.2, 0.25) is 0 Å². The van der Waals surface area contributed by atoms with Gasteiger partial charge in [-0.25, -0.2) is 0 Å². The van der Waals surface area contributed by atoms with Crippen LogP contribution in [0, 0.1) is 0 Å². The molecule has 0 amide bonds. The van der Waals surface area contributed by atoms with Crippen LogP contribution in [0.3, 0.4) is 0 Å². The molecule has 57 valence electrons. The van der Waals surface area contributed by atoms with Crippen molar-refractivity contribution in [2.75, 3.05) is 0 Å². The number of hydrogen-bond acceptors (Lipinski definition) is 2. The van der Waals surface area contributed by atoms with E-state index in [2.05, 4.69) is 0 Å². The lowest BCUT2D eigenvalue weighted by Crippen LogP contribution is -2.01. The van der Waals surface area contributed by atoms with E-state index in [1.807, 2.05) is 31.2 Å². The Labute approximate surface area is 67.1 Å². The molecule has 1 rings (SSSR count). The normalized spacial score (nSPS) is 9.27. The quantitative estimate of drug-likeness (QED) is 0.653. The summed E-state index contributed by atoms with van der Waals surface area (Å²) < 4.78 is 4.86. The fourth-order valence-electron chi connectivity index (χ4n) is 0.968. The molecule has 0 fully saturated rings. The van der Waals surface area contributed by atoms with Crippen LogP contribution in [0.2, 0.25) is 0 Å². The van der Waals surface area contributed by atoms with E-state index in [0.717, 1.165) is 17.7 Å². The van der Waals surface area contributed by atoms with Crippen LogP contribution in [-0.2, 0) is 6.42 Å². The van der Waals surface area contributed by atoms with Crippen LogP contribution in [-0.4, -0.2) is 12.7 Å². The van der Waals surface area contributed by atoms with E-state index in [1.54, 1.807) is 0 Å². The summed E-state index contributed by atoms with van der Waals surface area (Å²) in [7, 11) is 0.703. The second-order valence-electron chi connectivity index (χ2n) is 2.18. The lowest BCUT2D eigenvalue weighted by molar-refractivity contribution is 0.451. The van der Waals surface area contributed by atoms with Gasteiger partial charge in [0.25, 0.3) is 0 Å². The summed E-state index contributed by atoms with van der Waals surface area (Å²) in [4.78, 5) is 0. The summed E-state index contributed by atoms with van der Waals surface area (Å²) in [5, 5.41) is 8.39. The highest BCUT2D eigenvalue weighted by Gasteiger charge is 1.99. The van der Waals surface area contributed by atoms with Crippen LogP contribution in [0.1, 0.15) is 12.5 Å². The highest BCUT2D eigenvalue weighted by atomic mass is 16.5. The third-order valence-corrected chi connectivity index (χ3v) is 1.53. The van der Waals surface area contributed by atoms with E-state index in [1.165, 1.54) is 0 Å². The van der Waals surface area contributed by atoms with Gasteiger partial charge in [-0.3, -0.25) is 0 Å². The van der Waals surface area contributed by atoms with Crippen molar-refractivity contribution in [3.8, 4) is 5.75 Å². The maximum absolute atomic E-state index is 8.39. The summed E-state index contributed by atoms with van der Waals surface area (Å²) in [6, 6.07) is 7.62. The minimum absolute atomic E-state index is 0.703. The van der Waals surface area contributed by atoms with Crippen molar-refractivity contribution in [1.82, 2.24) is 0 Å². The molecule has 0 atom stereocenters. The number of benzene rings is 1. The monoisotopic (exact) mass is 149 g/mol. The summed E-state index contributed by atoms with van der Waals surface area (Å²) in [6.07, 6.45) is 0.907. The van der Waals surface area contributed by atoms with Gasteiger partial charge in [0.15, 0.2) is 0 Å². The molecule has 1 aromatic rings. The average molecular weight is 149 g/mol. The van der Waals surface area contributed by atoms with Crippen LogP contribution in [0.25, 0.3) is 0 Å². The largest absolute Gasteiger partial charge is 0.569 e. The van der Waals surface area contributed by atoms with E-state index in [0.29, 0.717) is 7.69 Å². The van der Waals surface area contributed by atoms with Crippen molar-refractivity contribution in [3.05, 3.63) is 29.8 Å². The third kappa shape index (κ3) is 1.98. The second-order valence-corrected chi connectivity index (χ2v) is 2.18. The molecule has 0 aliphatic carbocycles. The molecule has 0 saturated heterocycles. The molecule has 0 saturated carbocycles. The third-order valence-electron chi connectivity index (χ3n) is 1.53. The van der Waals surface area contributed by atoms with Gasteiger partial charge >= 0.3 is 7.69 Å². The van der Waals surface area contributed by atoms with Crippen LogP contribution in [0.4, 0.5) is 0 Å². The first-order chi connectivity index (χ1) is 5.38. The average Bonchev–Trinajstić information content (AvgIpc) is 2.06. The van der Waals surface area contributed by atoms with Gasteiger partial charge in [-0.2, -0.15) is 0 Å². The van der Waals surface area contributed by atoms with Gasteiger partial charge in [0.1, 0.15) is 5.75 Å². The van der Waals surface area contributed by atoms with Gasteiger partial charge in [0.05, 0.1) is 0 Å². The Hall–Kier alpha value is -0.955. The summed E-state index contributed by atoms with van der Waals surface area (Å²) >= 11 is 0. The highest BCUT2D eigenvalue weighted by molar-refractivity contribution is 6.17. The fraction of sp³-hybridized carbons (Fsp3) is 0.250. The van der Waals surface area contributed by atoms with Gasteiger partial charge in [0, 0.05) is 0 Å². The molecule has 3 heteroatoms. The van der Waals surface area contributed by atoms with Crippen molar-refractivity contribution >= 4 is 7.69 Å². The molecule has 11 heavy (non-hydrogen) atoms. The van der Waals surface area contributed by atoms with Crippen molar-refractivity contribution in [1.29, 1.82) is 0 Å². The zero-order valence-electron chi connectivity index (χ0n) is 6.45. The van der Waals surface area contributed by atoms with Gasteiger partial charge in [-0.05, 0) is 18.1 Å². The Morgan fingerprint density at radius 2 is 2.18 bits per heavy atom. The molecule has 0 spiro atoms. The summed E-state index contributed by atoms with van der Waals surface area (Å²) in [6.45, 7) is 2.04. The van der Waals surface area contributed by atoms with E-state index >= 15 is 0 Å². The lowest BCUT2D eigenvalue weighted by Gasteiger charge is -2.05. The van der Waals surface area contributed by atoms with Crippen LogP contribution >= 0.6 is 0 Å². The second kappa shape index (κ2) is 4.03. The Morgan fingerprint density at radius 3 is 2.82 bits per heavy atom. The zero-order valence-corrected chi connectivity index (χ0v) is 6.45. The summed E-state index contributed by atoms with van der Waals surface area (Å²) in [5.74, 6) is 0.720. The fourth-order valence-corrected chi connectivity index (χ4v) is 0.968. The topological polar surface area (TPSA) is 29.5 Å². The molecule has 0 aliphatic heterocycles. The van der Waals surface area contributed by atoms with Gasteiger partial charge < -0.3 is 9.68 Å². The molecule has 0 aliphatic rings. The molecular weight excluding hydrogens is 139 g/mol. The number of rotatable bonds is 3. The molecular formula is C8H10BO2. The first-order valence-corrected chi connectivity index (χ1v) is 3.59. The Kier molecular flexibility index (Phi) is 2.99. The van der Waals surface area contributed by atoms with E-state index in [9.17, 15) is 0 Å². The number of para-hydroxylation sites is 1. The van der Waals surface area contributed by atoms with E-state index < -0.39 is 0 Å². The number of hydrogen-bond donors (Lipinski definition) is 1. The lowest BCUT2D eigenvalue weighted by atomic mass is 10.1. The van der Waals surface area contributed by atoms with Crippen molar-refractivity contribution < 1.29 is 9.68 Å². The SMILES string of the molecule is CCc1ccccc1O[B]O. The highest BCUT2D eigenvalue weighted by Crippen LogP contribution is 2.17. The predicted molar refractivity (Wildman–Crippen MR) is 44.4 cm³/mol. The molecule has 0 heterocycles. The van der Waals surface area contributed by atoms with Crippen molar-refractivity contribution in [2.24, 2.45) is 0 Å². The molecule has 1 aromatic carbocycles. The molecule has 0 aromatic heterocycles. The minimum Gasteiger partial charge on any atom is -0.537 e. The zero-order chi connectivity index (χ0) is 8.10. The van der Waals surface area contributed by atoms with Crippen LogP contribution in [0.15, 0.2) is 24.3 Å². The first kappa shape index (κ1) is 8.14. The van der Waals surface area contributed by atoms with E-state index in [-0.39, 0.29) is 0 Å². The molecule has 1 radical (unpaired) electrons. The molecule has 2 nitrogen and oxygen atoms in total. The maximum Gasteiger partial charge on any atom is 0.569 e. The summed E-state index contributed by atoms with van der Waals surface area (Å²) in [5.41, 5.74) is 1.10. The predicted octanol–water partition coefficient (Wildman–Crippen LogP) is 1.15. The van der Waals surface area contributed by atoms with Crippen LogP contribution < -0.4 is 4.65 Å². The Bertz CT molecular complexity index is 225. The Balaban J connectivity index is 2.83.